The Hall–Kier alpha value is -0.107. The summed E-state index contributed by atoms with van der Waals surface area (Å²) in [5.74, 6) is 0. The predicted octanol–water partition coefficient (Wildman–Crippen LogP) is -0.379. The van der Waals surface area contributed by atoms with Gasteiger partial charge < -0.3 is 10.8 Å². The Morgan fingerprint density at radius 1 is 1.80 bits per heavy atom. The summed E-state index contributed by atoms with van der Waals surface area (Å²) >= 11 is 0. The molecule has 0 atom stereocenters. The zero-order chi connectivity index (χ0) is 3.58. The van der Waals surface area contributed by atoms with Crippen LogP contribution in [0.5, 0.6) is 0 Å². The smallest absolute Gasteiger partial charge is 0.402 e. The summed E-state index contributed by atoms with van der Waals surface area (Å²) in [5, 5.41) is 7.19. The number of amides is 1. The summed E-state index contributed by atoms with van der Waals surface area (Å²) in [5.41, 5.74) is 4.03. The second kappa shape index (κ2) is 3.89. The van der Waals surface area contributed by atoms with Crippen LogP contribution in [0.4, 0.5) is 4.79 Å². The first kappa shape index (κ1) is 8.86. The third-order valence-corrected chi connectivity index (χ3v) is 0. The first-order valence-electron chi connectivity index (χ1n) is 0.716. The molecule has 26 valence electrons. The van der Waals surface area contributed by atoms with E-state index in [0.717, 1.165) is 0 Å². The van der Waals surface area contributed by atoms with Crippen LogP contribution >= 0.6 is 0 Å². The number of rotatable bonds is 0. The van der Waals surface area contributed by atoms with E-state index in [1.54, 1.807) is 0 Å². The van der Waals surface area contributed by atoms with Crippen LogP contribution < -0.4 is 5.73 Å². The Bertz CT molecular complexity index is 32.6. The minimum Gasteiger partial charge on any atom is -0.465 e. The molecule has 0 unspecified atom stereocenters. The molecule has 0 fully saturated rings. The van der Waals surface area contributed by atoms with Gasteiger partial charge in [0.05, 0.1) is 0 Å². The number of hydrogen-bond donors (Lipinski definition) is 2. The van der Waals surface area contributed by atoms with E-state index in [0.29, 0.717) is 0 Å². The van der Waals surface area contributed by atoms with Crippen molar-refractivity contribution < 1.29 is 29.4 Å². The van der Waals surface area contributed by atoms with E-state index < -0.39 is 6.09 Å². The van der Waals surface area contributed by atoms with Crippen LogP contribution in [0.3, 0.4) is 0 Å². The first-order valence-corrected chi connectivity index (χ1v) is 0.716. The summed E-state index contributed by atoms with van der Waals surface area (Å²) in [7, 11) is 0. The standard InChI is InChI=1S/CH3NO2.Zn/c2-1(3)4;/h2H2,(H,3,4);. The van der Waals surface area contributed by atoms with Gasteiger partial charge in [-0.3, -0.25) is 0 Å². The average molecular weight is 126 g/mol. The van der Waals surface area contributed by atoms with Crippen LogP contribution in [0, 0.1) is 0 Å². The molecule has 0 heterocycles. The van der Waals surface area contributed by atoms with Crippen LogP contribution in [-0.2, 0) is 19.5 Å². The fourth-order valence-electron chi connectivity index (χ4n) is 0. The molecular formula is CH3NO2Zn. The molecule has 0 aromatic rings. The van der Waals surface area contributed by atoms with Crippen LogP contribution in [0.15, 0.2) is 0 Å². The molecule has 0 aromatic carbocycles. The monoisotopic (exact) mass is 125 g/mol. The van der Waals surface area contributed by atoms with Crippen molar-refractivity contribution in [1.29, 1.82) is 0 Å². The van der Waals surface area contributed by atoms with Gasteiger partial charge in [0.15, 0.2) is 0 Å². The Labute approximate surface area is 41.9 Å². The fourth-order valence-corrected chi connectivity index (χ4v) is 0. The van der Waals surface area contributed by atoms with E-state index in [4.69, 9.17) is 9.90 Å². The second-order valence-electron chi connectivity index (χ2n) is 0.338. The maximum Gasteiger partial charge on any atom is 0.402 e. The van der Waals surface area contributed by atoms with Crippen molar-refractivity contribution in [1.82, 2.24) is 0 Å². The van der Waals surface area contributed by atoms with Gasteiger partial charge >= 0.3 is 6.09 Å². The molecule has 0 bridgehead atoms. The van der Waals surface area contributed by atoms with E-state index in [-0.39, 0.29) is 19.5 Å². The van der Waals surface area contributed by atoms with Crippen molar-refractivity contribution in [3.05, 3.63) is 0 Å². The number of carbonyl (C=O) groups is 1. The molecule has 0 saturated heterocycles. The van der Waals surface area contributed by atoms with Crippen molar-refractivity contribution in [3.8, 4) is 0 Å². The number of hydrogen-bond acceptors (Lipinski definition) is 1. The van der Waals surface area contributed by atoms with E-state index in [1.807, 2.05) is 0 Å². The second-order valence-corrected chi connectivity index (χ2v) is 0.338. The van der Waals surface area contributed by atoms with Crippen molar-refractivity contribution in [3.63, 3.8) is 0 Å². The Morgan fingerprint density at radius 2 is 1.80 bits per heavy atom. The van der Waals surface area contributed by atoms with Gasteiger partial charge in [-0.25, -0.2) is 4.79 Å². The first-order chi connectivity index (χ1) is 1.73. The molecule has 0 aromatic heterocycles. The minimum absolute atomic E-state index is 0. The number of nitrogens with two attached hydrogens (primary N) is 1. The number of carboxylic acid groups (broad SMARTS) is 1. The minimum atomic E-state index is -1.33. The largest absolute Gasteiger partial charge is 0.465 e. The predicted molar refractivity (Wildman–Crippen MR) is 12.2 cm³/mol. The van der Waals surface area contributed by atoms with Crippen LogP contribution in [-0.4, -0.2) is 11.2 Å². The van der Waals surface area contributed by atoms with Gasteiger partial charge in [0, 0.05) is 19.5 Å². The molecule has 0 aliphatic rings. The molecule has 4 heteroatoms. The third kappa shape index (κ3) is 1230. The SMILES string of the molecule is NC(=O)O.[Zn]. The third-order valence-electron chi connectivity index (χ3n) is 0. The zero-order valence-corrected chi connectivity index (χ0v) is 5.61. The van der Waals surface area contributed by atoms with Gasteiger partial charge in [0.2, 0.25) is 0 Å². The molecule has 3 N–H and O–H groups in total. The average Bonchev–Trinajstić information content (AvgIpc) is 0.811. The number of primary amides is 1. The molecule has 0 radical (unpaired) electrons. The maximum atomic E-state index is 8.78. The van der Waals surface area contributed by atoms with Crippen molar-refractivity contribution in [2.45, 2.75) is 0 Å². The summed E-state index contributed by atoms with van der Waals surface area (Å²) in [6.45, 7) is 0. The van der Waals surface area contributed by atoms with Crippen molar-refractivity contribution in [2.75, 3.05) is 0 Å². The van der Waals surface area contributed by atoms with Crippen molar-refractivity contribution >= 4 is 6.09 Å². The maximum absolute atomic E-state index is 8.78. The van der Waals surface area contributed by atoms with Gasteiger partial charge in [-0.05, 0) is 0 Å². The van der Waals surface area contributed by atoms with Gasteiger partial charge in [-0.1, -0.05) is 0 Å². The molecule has 0 aliphatic carbocycles. The summed E-state index contributed by atoms with van der Waals surface area (Å²) in [4.78, 5) is 8.78. The van der Waals surface area contributed by atoms with Gasteiger partial charge in [-0.2, -0.15) is 0 Å². The van der Waals surface area contributed by atoms with E-state index >= 15 is 0 Å². The molecular weight excluding hydrogens is 123 g/mol. The fraction of sp³-hybridized carbons (Fsp3) is 0. The van der Waals surface area contributed by atoms with E-state index in [9.17, 15) is 0 Å². The van der Waals surface area contributed by atoms with Crippen LogP contribution in [0.25, 0.3) is 0 Å². The van der Waals surface area contributed by atoms with E-state index in [2.05, 4.69) is 5.73 Å². The molecule has 0 aliphatic heterocycles. The Morgan fingerprint density at radius 3 is 1.80 bits per heavy atom. The summed E-state index contributed by atoms with van der Waals surface area (Å²) < 4.78 is 0. The molecule has 3 nitrogen and oxygen atoms in total. The quantitative estimate of drug-likeness (QED) is 0.435. The van der Waals surface area contributed by atoms with Gasteiger partial charge in [-0.15, -0.1) is 0 Å². The van der Waals surface area contributed by atoms with Crippen molar-refractivity contribution in [2.24, 2.45) is 5.73 Å². The molecule has 0 saturated carbocycles. The normalized spacial score (nSPS) is 4.80. The van der Waals surface area contributed by atoms with Gasteiger partial charge in [0.25, 0.3) is 0 Å². The Balaban J connectivity index is 0. The molecule has 5 heavy (non-hydrogen) atoms. The van der Waals surface area contributed by atoms with E-state index in [1.165, 1.54) is 0 Å². The van der Waals surface area contributed by atoms with Gasteiger partial charge in [0.1, 0.15) is 0 Å². The van der Waals surface area contributed by atoms with Crippen LogP contribution in [0.1, 0.15) is 0 Å². The summed E-state index contributed by atoms with van der Waals surface area (Å²) in [6, 6.07) is 0. The topological polar surface area (TPSA) is 63.3 Å². The van der Waals surface area contributed by atoms with Crippen LogP contribution in [0.2, 0.25) is 0 Å². The Kier molecular flexibility index (Phi) is 6.90. The molecule has 0 spiro atoms. The summed E-state index contributed by atoms with van der Waals surface area (Å²) in [6.07, 6.45) is -1.33. The molecule has 0 rings (SSSR count). The zero-order valence-electron chi connectivity index (χ0n) is 2.64. The molecule has 1 amide bonds.